The van der Waals surface area contributed by atoms with E-state index in [1.54, 1.807) is 54.2 Å². The number of sulfonamides is 1. The number of nitrogens with one attached hydrogen (secondary N) is 6. The first-order valence-corrected chi connectivity index (χ1v) is 25.7. The van der Waals surface area contributed by atoms with Gasteiger partial charge in [0.2, 0.25) is 33.7 Å². The number of hydrogen-bond donors (Lipinski definition) is 6. The van der Waals surface area contributed by atoms with Gasteiger partial charge in [-0.2, -0.15) is 0 Å². The summed E-state index contributed by atoms with van der Waals surface area (Å²) in [4.78, 5) is 91.1. The molecule has 0 saturated carbocycles. The minimum absolute atomic E-state index is 0.0460. The number of benzene rings is 3. The van der Waals surface area contributed by atoms with Crippen LogP contribution in [0.25, 0.3) is 0 Å². The van der Waals surface area contributed by atoms with E-state index in [2.05, 4.69) is 31.9 Å². The van der Waals surface area contributed by atoms with E-state index in [1.807, 2.05) is 30.3 Å². The van der Waals surface area contributed by atoms with Crippen molar-refractivity contribution in [2.75, 3.05) is 50.1 Å². The van der Waals surface area contributed by atoms with Crippen molar-refractivity contribution in [3.05, 3.63) is 101 Å². The van der Waals surface area contributed by atoms with Crippen LogP contribution in [0.4, 0.5) is 5.69 Å². The number of thioether (sulfide) groups is 1. The van der Waals surface area contributed by atoms with Crippen LogP contribution in [0.5, 0.6) is 0 Å². The molecule has 4 aliphatic rings. The molecule has 6 N–H and O–H groups in total. The molecular formula is C47H58N8O10S2. The largest absolute Gasteiger partial charge is 0.384 e. The van der Waals surface area contributed by atoms with Crippen molar-refractivity contribution in [1.29, 1.82) is 0 Å². The molecule has 67 heavy (non-hydrogen) atoms. The van der Waals surface area contributed by atoms with Crippen LogP contribution in [0.3, 0.4) is 0 Å². The summed E-state index contributed by atoms with van der Waals surface area (Å²) in [6, 6.07) is 19.9. The fourth-order valence-electron chi connectivity index (χ4n) is 8.57. The van der Waals surface area contributed by atoms with E-state index in [9.17, 15) is 42.0 Å². The van der Waals surface area contributed by atoms with E-state index in [1.165, 1.54) is 4.31 Å². The zero-order valence-electron chi connectivity index (χ0n) is 37.4. The second-order valence-electron chi connectivity index (χ2n) is 17.2. The summed E-state index contributed by atoms with van der Waals surface area (Å²) in [5, 5.41) is 17.6. The standard InChI is InChI=1S/C47H58N8O10S2/c1-67(63,64)54-25-22-33(26-54)42(58)50-36(43(59)53-47-51-37(29-66-47)31-12-7-6-8-13-31)28-65-27-30-16-18-32(19-17-30)41(57)49-24-10-5-3-2-4-9-23-48-35-15-11-14-34-40(35)46(62)55(45(34)61)38-20-21-39(56)52-44(38)60/h6-8,11-19,33,36-38,47-48,51H,2-5,9-10,20-29H2,1H3,(H,49,57)(H,50,58)(H,53,59)(H,52,56,60)/t33?,36-,37?,38?,47?/m0/s1. The lowest BCUT2D eigenvalue weighted by Crippen LogP contribution is -2.54. The minimum atomic E-state index is -3.45. The molecule has 4 unspecified atom stereocenters. The SMILES string of the molecule is CS(=O)(=O)N1CCC(C(=O)N[C@@H](COCc2ccc(C(=O)NCCCCCCCCNc3cccc4c3C(=O)N(C3CCC(=O)NC3=O)C4=O)cc2)C(=O)NC2NC(c3ccccc3)CS2)C1. The number of ether oxygens (including phenoxy) is 1. The van der Waals surface area contributed by atoms with E-state index < -0.39 is 63.5 Å². The Labute approximate surface area is 394 Å². The van der Waals surface area contributed by atoms with Gasteiger partial charge in [-0.25, -0.2) is 12.7 Å². The molecule has 0 aromatic heterocycles. The predicted molar refractivity (Wildman–Crippen MR) is 251 cm³/mol. The quantitative estimate of drug-likeness (QED) is 0.0628. The Bertz CT molecular complexity index is 2420. The maximum atomic E-state index is 13.6. The van der Waals surface area contributed by atoms with Crippen molar-refractivity contribution in [3.8, 4) is 0 Å². The highest BCUT2D eigenvalue weighted by Crippen LogP contribution is 2.33. The molecule has 0 radical (unpaired) electrons. The van der Waals surface area contributed by atoms with E-state index in [4.69, 9.17) is 4.74 Å². The number of nitrogens with zero attached hydrogens (tertiary/aromatic N) is 2. The lowest BCUT2D eigenvalue weighted by atomic mass is 10.0. The van der Waals surface area contributed by atoms with Gasteiger partial charge in [-0.3, -0.25) is 49.1 Å². The molecule has 7 amide bonds. The van der Waals surface area contributed by atoms with E-state index in [0.717, 1.165) is 66.6 Å². The summed E-state index contributed by atoms with van der Waals surface area (Å²) < 4.78 is 31.3. The van der Waals surface area contributed by atoms with Crippen molar-refractivity contribution >= 4 is 68.8 Å². The molecule has 3 fully saturated rings. The van der Waals surface area contributed by atoms with Gasteiger partial charge in [-0.15, -0.1) is 11.8 Å². The highest BCUT2D eigenvalue weighted by Gasteiger charge is 2.45. The van der Waals surface area contributed by atoms with Gasteiger partial charge in [0.1, 0.15) is 17.6 Å². The molecule has 0 bridgehead atoms. The Morgan fingerprint density at radius 1 is 0.866 bits per heavy atom. The van der Waals surface area contributed by atoms with Crippen LogP contribution in [0.2, 0.25) is 0 Å². The second-order valence-corrected chi connectivity index (χ2v) is 20.3. The van der Waals surface area contributed by atoms with E-state index >= 15 is 0 Å². The average Bonchev–Trinajstić information content (AvgIpc) is 4.07. The zero-order chi connectivity index (χ0) is 47.5. The molecule has 3 aromatic carbocycles. The molecule has 3 aromatic rings. The van der Waals surface area contributed by atoms with Gasteiger partial charge in [-0.05, 0) is 61.1 Å². The molecule has 4 aliphatic heterocycles. The van der Waals surface area contributed by atoms with Crippen LogP contribution in [-0.4, -0.2) is 121 Å². The normalized spacial score (nSPS) is 21.2. The third-order valence-corrected chi connectivity index (χ3v) is 14.7. The monoisotopic (exact) mass is 958 g/mol. The Kier molecular flexibility index (Phi) is 16.8. The lowest BCUT2D eigenvalue weighted by molar-refractivity contribution is -0.136. The molecule has 20 heteroatoms. The fraction of sp³-hybridized carbons (Fsp3) is 0.468. The first-order valence-electron chi connectivity index (χ1n) is 22.8. The van der Waals surface area contributed by atoms with Crippen LogP contribution in [0, 0.1) is 5.92 Å². The Balaban J connectivity index is 0.787. The fourth-order valence-corrected chi connectivity index (χ4v) is 10.6. The number of anilines is 1. The van der Waals surface area contributed by atoms with Gasteiger partial charge in [0, 0.05) is 55.6 Å². The summed E-state index contributed by atoms with van der Waals surface area (Å²) in [5.41, 5.74) is 3.01. The average molecular weight is 959 g/mol. The molecule has 0 spiro atoms. The molecule has 5 atom stereocenters. The number of hydrogen-bond acceptors (Lipinski definition) is 13. The third kappa shape index (κ3) is 12.9. The van der Waals surface area contributed by atoms with Gasteiger partial charge in [0.15, 0.2) is 0 Å². The number of amides is 7. The zero-order valence-corrected chi connectivity index (χ0v) is 39.1. The van der Waals surface area contributed by atoms with Crippen LogP contribution in [0.15, 0.2) is 72.8 Å². The number of fused-ring (bicyclic) bond motifs is 1. The van der Waals surface area contributed by atoms with E-state index in [-0.39, 0.29) is 67.7 Å². The summed E-state index contributed by atoms with van der Waals surface area (Å²) >= 11 is 1.55. The summed E-state index contributed by atoms with van der Waals surface area (Å²) in [5.74, 6) is -3.02. The van der Waals surface area contributed by atoms with E-state index in [0.29, 0.717) is 30.8 Å². The highest BCUT2D eigenvalue weighted by atomic mass is 32.2. The maximum absolute atomic E-state index is 13.6. The highest BCUT2D eigenvalue weighted by molar-refractivity contribution is 8.00. The number of piperidine rings is 1. The van der Waals surface area contributed by atoms with Crippen molar-refractivity contribution in [3.63, 3.8) is 0 Å². The second kappa shape index (κ2) is 22.9. The van der Waals surface area contributed by atoms with Crippen molar-refractivity contribution in [2.45, 2.75) is 88.0 Å². The number of carbonyl (C=O) groups excluding carboxylic acids is 7. The topological polar surface area (TPSA) is 242 Å². The molecular weight excluding hydrogens is 901 g/mol. The Hall–Kier alpha value is -5.67. The molecule has 7 rings (SSSR count). The van der Waals surface area contributed by atoms with Gasteiger partial charge < -0.3 is 26.0 Å². The number of rotatable bonds is 22. The van der Waals surface area contributed by atoms with Gasteiger partial charge in [0.25, 0.3) is 17.7 Å². The van der Waals surface area contributed by atoms with Gasteiger partial charge in [-0.1, -0.05) is 74.2 Å². The summed E-state index contributed by atoms with van der Waals surface area (Å²) in [6.45, 7) is 1.39. The molecule has 0 aliphatic carbocycles. The summed E-state index contributed by atoms with van der Waals surface area (Å²) in [7, 11) is -3.45. The first kappa shape index (κ1) is 49.2. The van der Waals surface area contributed by atoms with Crippen molar-refractivity contribution in [1.82, 2.24) is 35.8 Å². The Morgan fingerprint density at radius 3 is 2.31 bits per heavy atom. The van der Waals surface area contributed by atoms with Crippen molar-refractivity contribution in [2.24, 2.45) is 5.92 Å². The van der Waals surface area contributed by atoms with Crippen LogP contribution >= 0.6 is 11.8 Å². The number of carbonyl (C=O) groups is 7. The molecule has 3 saturated heterocycles. The smallest absolute Gasteiger partial charge is 0.264 e. The number of unbranched alkanes of at least 4 members (excludes halogenated alkanes) is 5. The summed E-state index contributed by atoms with van der Waals surface area (Å²) in [6.07, 6.45) is 7.14. The van der Waals surface area contributed by atoms with Gasteiger partial charge >= 0.3 is 0 Å². The molecule has 358 valence electrons. The van der Waals surface area contributed by atoms with Gasteiger partial charge in [0.05, 0.1) is 36.5 Å². The maximum Gasteiger partial charge on any atom is 0.264 e. The lowest BCUT2D eigenvalue weighted by Gasteiger charge is -2.27. The first-order chi connectivity index (χ1) is 32.3. The van der Waals surface area contributed by atoms with Crippen molar-refractivity contribution < 1.29 is 46.7 Å². The minimum Gasteiger partial charge on any atom is -0.384 e. The predicted octanol–water partition coefficient (Wildman–Crippen LogP) is 3.03. The molecule has 18 nitrogen and oxygen atoms in total. The third-order valence-electron chi connectivity index (χ3n) is 12.3. The molecule has 4 heterocycles. The van der Waals surface area contributed by atoms with Crippen LogP contribution in [0.1, 0.15) is 106 Å². The van der Waals surface area contributed by atoms with Crippen LogP contribution < -0.4 is 31.9 Å². The number of imide groups is 2. The Morgan fingerprint density at radius 2 is 1.60 bits per heavy atom. The van der Waals surface area contributed by atoms with Crippen LogP contribution in [-0.2, 0) is 40.5 Å².